The number of para-hydroxylation sites is 2. The fourth-order valence-electron chi connectivity index (χ4n) is 9.24. The van der Waals surface area contributed by atoms with Crippen molar-refractivity contribution in [1.29, 1.82) is 0 Å². The zero-order valence-corrected chi connectivity index (χ0v) is 27.2. The van der Waals surface area contributed by atoms with Crippen LogP contribution < -0.4 is 5.32 Å². The maximum absolute atomic E-state index is 12.7. The van der Waals surface area contributed by atoms with Gasteiger partial charge in [-0.1, -0.05) is 42.8 Å². The van der Waals surface area contributed by atoms with Gasteiger partial charge in [-0.25, -0.2) is 4.79 Å². The Bertz CT molecular complexity index is 1800. The predicted molar refractivity (Wildman–Crippen MR) is 179 cm³/mol. The van der Waals surface area contributed by atoms with Crippen LogP contribution in [0.1, 0.15) is 78.6 Å². The molecule has 2 N–H and O–H groups in total. The summed E-state index contributed by atoms with van der Waals surface area (Å²) in [6.45, 7) is 0.600. The Morgan fingerprint density at radius 1 is 0.872 bits per heavy atom. The molecule has 1 amide bonds. The Kier molecular flexibility index (Phi) is 7.88. The van der Waals surface area contributed by atoms with Gasteiger partial charge in [0.2, 0.25) is 0 Å². The van der Waals surface area contributed by atoms with Crippen molar-refractivity contribution in [2.24, 2.45) is 13.0 Å². The molecule has 0 aliphatic carbocycles. The number of aromatic amines is 1. The van der Waals surface area contributed by atoms with E-state index >= 15 is 0 Å². The molecule has 8 atom stereocenters. The van der Waals surface area contributed by atoms with Crippen molar-refractivity contribution in [3.8, 4) is 0 Å². The van der Waals surface area contributed by atoms with E-state index in [4.69, 9.17) is 4.74 Å². The summed E-state index contributed by atoms with van der Waals surface area (Å²) < 4.78 is 7.63. The van der Waals surface area contributed by atoms with Crippen molar-refractivity contribution in [3.05, 3.63) is 66.0 Å². The van der Waals surface area contributed by atoms with Crippen molar-refractivity contribution in [3.63, 3.8) is 0 Å². The summed E-state index contributed by atoms with van der Waals surface area (Å²) in [5, 5.41) is 9.53. The number of rotatable bonds is 4. The third-order valence-electron chi connectivity index (χ3n) is 11.6. The number of nitrogens with one attached hydrogen (secondary N) is 2. The van der Waals surface area contributed by atoms with E-state index < -0.39 is 0 Å². The monoisotopic (exact) mass is 636 g/mol. The third-order valence-corrected chi connectivity index (χ3v) is 11.6. The Hall–Kier alpha value is -4.02. The van der Waals surface area contributed by atoms with Crippen LogP contribution in [0.2, 0.25) is 0 Å². The van der Waals surface area contributed by atoms with Crippen molar-refractivity contribution in [1.82, 2.24) is 29.9 Å². The Morgan fingerprint density at radius 2 is 1.55 bits per heavy atom. The largest absolute Gasteiger partial charge is 0.459 e. The van der Waals surface area contributed by atoms with E-state index in [0.717, 1.165) is 60.3 Å². The van der Waals surface area contributed by atoms with Gasteiger partial charge in [0.25, 0.3) is 5.91 Å². The second kappa shape index (κ2) is 12.2. The van der Waals surface area contributed by atoms with Gasteiger partial charge in [0, 0.05) is 78.5 Å². The second-order valence-electron chi connectivity index (χ2n) is 14.4. The van der Waals surface area contributed by atoms with Crippen molar-refractivity contribution in [2.75, 3.05) is 13.6 Å². The van der Waals surface area contributed by atoms with E-state index in [1.54, 1.807) is 10.9 Å². The van der Waals surface area contributed by atoms with Crippen molar-refractivity contribution >= 4 is 39.5 Å². The van der Waals surface area contributed by atoms with Crippen molar-refractivity contribution in [2.45, 2.75) is 94.1 Å². The number of carbonyl (C=O) groups is 3. The Labute approximate surface area is 274 Å². The molecule has 4 unspecified atom stereocenters. The lowest BCUT2D eigenvalue weighted by Gasteiger charge is -2.54. The molecule has 6 aliphatic rings. The minimum atomic E-state index is -0.242. The lowest BCUT2D eigenvalue weighted by atomic mass is 9.72. The molecule has 47 heavy (non-hydrogen) atoms. The summed E-state index contributed by atoms with van der Waals surface area (Å²) in [6, 6.07) is 18.0. The highest BCUT2D eigenvalue weighted by molar-refractivity contribution is 6.05. The molecule has 6 saturated heterocycles. The first-order valence-electron chi connectivity index (χ1n) is 17.3. The molecule has 0 radical (unpaired) electrons. The molecule has 6 fully saturated rings. The lowest BCUT2D eigenvalue weighted by molar-refractivity contribution is -0.145. The maximum atomic E-state index is 12.7. The number of piperidine rings is 6. The fourth-order valence-corrected chi connectivity index (χ4v) is 9.24. The minimum absolute atomic E-state index is 0.0329. The number of ether oxygens (including phenoxy) is 1. The second-order valence-corrected chi connectivity index (χ2v) is 14.4. The van der Waals surface area contributed by atoms with Crippen LogP contribution in [0.5, 0.6) is 0 Å². The summed E-state index contributed by atoms with van der Waals surface area (Å²) in [5.41, 5.74) is 3.11. The van der Waals surface area contributed by atoms with Crippen LogP contribution in [0.4, 0.5) is 0 Å². The molecule has 2 aromatic heterocycles. The molecule has 246 valence electrons. The number of esters is 1. The average Bonchev–Trinajstić information content (AvgIpc) is 3.63. The molecule has 8 heterocycles. The number of aromatic nitrogens is 3. The molecule has 2 aromatic carbocycles. The number of fused-ring (bicyclic) bond motifs is 5. The first kappa shape index (κ1) is 30.3. The van der Waals surface area contributed by atoms with Crippen LogP contribution in [0.15, 0.2) is 54.7 Å². The smallest absolute Gasteiger partial charge is 0.340 e. The van der Waals surface area contributed by atoms with Gasteiger partial charge in [-0.2, -0.15) is 5.10 Å². The Morgan fingerprint density at radius 3 is 2.28 bits per heavy atom. The van der Waals surface area contributed by atoms with Gasteiger partial charge in [0.05, 0.1) is 17.6 Å². The summed E-state index contributed by atoms with van der Waals surface area (Å²) in [4.78, 5) is 45.2. The molecule has 0 spiro atoms. The number of aryl methyl sites for hydroxylation is 1. The number of hydrogen-bond acceptors (Lipinski definition) is 7. The number of H-pyrrole nitrogens is 1. The average molecular weight is 637 g/mol. The van der Waals surface area contributed by atoms with E-state index in [2.05, 4.69) is 32.2 Å². The van der Waals surface area contributed by atoms with Gasteiger partial charge in [-0.3, -0.25) is 19.2 Å². The number of Topliss-reactive ketones (excluding diaryl/α,β-unsaturated/α-hetero) is 1. The number of nitrogens with zero attached hydrogens (tertiary/aromatic N) is 4. The summed E-state index contributed by atoms with van der Waals surface area (Å²) in [5.74, 6) is 0.370. The summed E-state index contributed by atoms with van der Waals surface area (Å²) in [7, 11) is 4.12. The highest BCUT2D eigenvalue weighted by Crippen LogP contribution is 2.42. The topological polar surface area (TPSA) is 113 Å². The quantitative estimate of drug-likeness (QED) is 0.309. The van der Waals surface area contributed by atoms with Crippen molar-refractivity contribution < 1.29 is 19.1 Å². The van der Waals surface area contributed by atoms with Gasteiger partial charge < -0.3 is 19.9 Å². The number of carbonyl (C=O) groups excluding carboxylic acids is 3. The van der Waals surface area contributed by atoms with Crippen LogP contribution in [-0.4, -0.2) is 92.1 Å². The number of amides is 1. The molecule has 10 heteroatoms. The van der Waals surface area contributed by atoms with Crippen LogP contribution in [0, 0.1) is 5.92 Å². The normalized spacial score (nSPS) is 31.3. The maximum Gasteiger partial charge on any atom is 0.340 e. The lowest BCUT2D eigenvalue weighted by Crippen LogP contribution is -2.63. The predicted octanol–water partition coefficient (Wildman–Crippen LogP) is 4.84. The number of hydrogen-bond donors (Lipinski definition) is 2. The summed E-state index contributed by atoms with van der Waals surface area (Å²) in [6.07, 6.45) is 11.2. The first-order chi connectivity index (χ1) is 22.8. The van der Waals surface area contributed by atoms with Gasteiger partial charge in [-0.05, 0) is 57.7 Å². The van der Waals surface area contributed by atoms with Crippen LogP contribution in [0.25, 0.3) is 21.8 Å². The molecule has 4 aromatic rings. The van der Waals surface area contributed by atoms with Crippen LogP contribution in [-0.2, 0) is 16.6 Å². The first-order valence-corrected chi connectivity index (χ1v) is 17.3. The fraction of sp³-hybridized carbons (Fsp3) is 0.514. The SMILES string of the molecule is CN1[C@@H]2CCC[C@H]1CC(NC(=O)c1nn(C)c3ccccc13)C2.O=C(OC1C[C@@H]2CC3C[C@H](C1)N2CC3=O)c1c[nH]c2ccccc12. The zero-order chi connectivity index (χ0) is 32.2. The number of benzene rings is 2. The standard InChI is InChI=1S/C19H20N2O3.C18H24N4O/c22-18-10-21-12-5-11(18)6-13(21)8-14(7-12)24-19(23)16-9-20-17-4-2-1-3-15(16)17;1-21-13-6-5-7-14(21)11-12(10-13)19-18(23)17-15-8-3-4-9-16(15)22(2)20-17/h1-4,9,11-14,20H,5-8,10H2;3-4,8-9,12-14H,5-7,10-11H2,1-2H3,(H,19,23)/t11?,12-,13+,14?;12?,13-,14+. The van der Waals surface area contributed by atoms with E-state index in [-0.39, 0.29) is 29.9 Å². The molecule has 10 rings (SSSR count). The van der Waals surface area contributed by atoms with E-state index in [1.165, 1.54) is 19.3 Å². The highest BCUT2D eigenvalue weighted by atomic mass is 16.5. The molecule has 6 bridgehead atoms. The van der Waals surface area contributed by atoms with Gasteiger partial charge >= 0.3 is 5.97 Å². The highest BCUT2D eigenvalue weighted by Gasteiger charge is 2.49. The number of ketones is 1. The molecule has 10 nitrogen and oxygen atoms in total. The third kappa shape index (κ3) is 5.65. The summed E-state index contributed by atoms with van der Waals surface area (Å²) >= 11 is 0. The molecule has 0 saturated carbocycles. The molecular formula is C37H44N6O4. The van der Waals surface area contributed by atoms with Gasteiger partial charge in [0.15, 0.2) is 5.69 Å². The van der Waals surface area contributed by atoms with E-state index in [0.29, 0.717) is 47.8 Å². The minimum Gasteiger partial charge on any atom is -0.459 e. The zero-order valence-electron chi connectivity index (χ0n) is 27.2. The van der Waals surface area contributed by atoms with Gasteiger partial charge in [0.1, 0.15) is 11.9 Å². The van der Waals surface area contributed by atoms with Crippen LogP contribution >= 0.6 is 0 Å². The van der Waals surface area contributed by atoms with E-state index in [9.17, 15) is 14.4 Å². The molecule has 6 aliphatic heterocycles. The van der Waals surface area contributed by atoms with Gasteiger partial charge in [-0.15, -0.1) is 0 Å². The van der Waals surface area contributed by atoms with Crippen LogP contribution in [0.3, 0.4) is 0 Å². The Balaban J connectivity index is 0.000000138. The van der Waals surface area contributed by atoms with E-state index in [1.807, 2.05) is 55.6 Å². The molecular weight excluding hydrogens is 592 g/mol.